The van der Waals surface area contributed by atoms with Gasteiger partial charge in [-0.25, -0.2) is 4.79 Å². The molecule has 0 aliphatic carbocycles. The molecule has 0 bridgehead atoms. The molecule has 0 saturated heterocycles. The number of rotatable bonds is 7. The Morgan fingerprint density at radius 2 is 1.55 bits per heavy atom. The normalized spacial score (nSPS) is 11.6. The average molecular weight is 287 g/mol. The van der Waals surface area contributed by atoms with Crippen LogP contribution in [-0.4, -0.2) is 78.1 Å². The van der Waals surface area contributed by atoms with E-state index >= 15 is 0 Å². The second-order valence-corrected chi connectivity index (χ2v) is 6.33. The molecular formula is C14H29N3O3. The number of aliphatic carboxylic acids is 1. The topological polar surface area (TPSA) is 64.1 Å². The van der Waals surface area contributed by atoms with Gasteiger partial charge in [-0.1, -0.05) is 0 Å². The van der Waals surface area contributed by atoms with E-state index in [2.05, 4.69) is 4.90 Å². The number of carboxylic acid groups (broad SMARTS) is 1. The van der Waals surface area contributed by atoms with E-state index in [4.69, 9.17) is 5.11 Å². The standard InChI is InChI=1S/C14H29N3O3/c1-14(2,3)17(11-8-12(18)19)13(20)16(6)10-7-9-15(4)5/h7-11H2,1-6H3,(H,18,19). The first-order chi connectivity index (χ1) is 9.05. The van der Waals surface area contributed by atoms with Crippen LogP contribution in [0, 0.1) is 0 Å². The maximum atomic E-state index is 12.4. The summed E-state index contributed by atoms with van der Waals surface area (Å²) in [4.78, 5) is 28.5. The molecular weight excluding hydrogens is 258 g/mol. The SMILES string of the molecule is CN(C)CCCN(C)C(=O)N(CCC(=O)O)C(C)(C)C. The third-order valence-electron chi connectivity index (χ3n) is 3.02. The van der Waals surface area contributed by atoms with Crippen molar-refractivity contribution < 1.29 is 14.7 Å². The van der Waals surface area contributed by atoms with Gasteiger partial charge in [0, 0.05) is 25.7 Å². The lowest BCUT2D eigenvalue weighted by Crippen LogP contribution is -2.51. The molecule has 0 radical (unpaired) electrons. The van der Waals surface area contributed by atoms with Gasteiger partial charge in [-0.3, -0.25) is 4.79 Å². The molecule has 118 valence electrons. The van der Waals surface area contributed by atoms with E-state index in [0.29, 0.717) is 6.54 Å². The van der Waals surface area contributed by atoms with Crippen LogP contribution >= 0.6 is 0 Å². The van der Waals surface area contributed by atoms with Crippen LogP contribution in [0.15, 0.2) is 0 Å². The second kappa shape index (κ2) is 8.09. The van der Waals surface area contributed by atoms with Crippen molar-refractivity contribution >= 4 is 12.0 Å². The number of hydrogen-bond acceptors (Lipinski definition) is 3. The summed E-state index contributed by atoms with van der Waals surface area (Å²) >= 11 is 0. The van der Waals surface area contributed by atoms with Crippen molar-refractivity contribution in [3.05, 3.63) is 0 Å². The third-order valence-corrected chi connectivity index (χ3v) is 3.02. The summed E-state index contributed by atoms with van der Waals surface area (Å²) in [6.45, 7) is 7.57. The molecule has 0 unspecified atom stereocenters. The molecule has 0 aromatic carbocycles. The van der Waals surface area contributed by atoms with Gasteiger partial charge in [0.2, 0.25) is 0 Å². The molecule has 0 aromatic heterocycles. The van der Waals surface area contributed by atoms with E-state index in [1.807, 2.05) is 34.9 Å². The Hall–Kier alpha value is -1.30. The van der Waals surface area contributed by atoms with Gasteiger partial charge in [0.05, 0.1) is 6.42 Å². The average Bonchev–Trinajstić information content (AvgIpc) is 2.25. The number of amides is 2. The molecule has 0 heterocycles. The molecule has 0 rings (SSSR count). The van der Waals surface area contributed by atoms with E-state index in [1.165, 1.54) is 0 Å². The zero-order valence-electron chi connectivity index (χ0n) is 13.6. The van der Waals surface area contributed by atoms with E-state index in [9.17, 15) is 9.59 Å². The van der Waals surface area contributed by atoms with Crippen LogP contribution in [0.25, 0.3) is 0 Å². The molecule has 2 amide bonds. The lowest BCUT2D eigenvalue weighted by Gasteiger charge is -2.38. The quantitative estimate of drug-likeness (QED) is 0.772. The maximum Gasteiger partial charge on any atom is 0.320 e. The fourth-order valence-electron chi connectivity index (χ4n) is 1.85. The van der Waals surface area contributed by atoms with Crippen LogP contribution in [-0.2, 0) is 4.79 Å². The number of hydrogen-bond donors (Lipinski definition) is 1. The highest BCUT2D eigenvalue weighted by Crippen LogP contribution is 2.16. The second-order valence-electron chi connectivity index (χ2n) is 6.33. The summed E-state index contributed by atoms with van der Waals surface area (Å²) in [5.74, 6) is -0.887. The zero-order valence-corrected chi connectivity index (χ0v) is 13.6. The van der Waals surface area contributed by atoms with E-state index in [0.717, 1.165) is 13.0 Å². The smallest absolute Gasteiger partial charge is 0.320 e. The largest absolute Gasteiger partial charge is 0.481 e. The van der Waals surface area contributed by atoms with Crippen molar-refractivity contribution in [3.63, 3.8) is 0 Å². The van der Waals surface area contributed by atoms with Gasteiger partial charge in [0.25, 0.3) is 0 Å². The van der Waals surface area contributed by atoms with Crippen molar-refractivity contribution in [1.82, 2.24) is 14.7 Å². The highest BCUT2D eigenvalue weighted by atomic mass is 16.4. The number of urea groups is 1. The summed E-state index contributed by atoms with van der Waals surface area (Å²) < 4.78 is 0. The summed E-state index contributed by atoms with van der Waals surface area (Å²) in [5.41, 5.74) is -0.387. The first kappa shape index (κ1) is 18.7. The maximum absolute atomic E-state index is 12.4. The van der Waals surface area contributed by atoms with Gasteiger partial charge in [0.1, 0.15) is 0 Å². The van der Waals surface area contributed by atoms with Crippen molar-refractivity contribution in [2.75, 3.05) is 40.8 Å². The highest BCUT2D eigenvalue weighted by molar-refractivity contribution is 5.76. The Kier molecular flexibility index (Phi) is 7.57. The number of carbonyl (C=O) groups is 2. The summed E-state index contributed by atoms with van der Waals surface area (Å²) in [7, 11) is 5.75. The fourth-order valence-corrected chi connectivity index (χ4v) is 1.85. The lowest BCUT2D eigenvalue weighted by atomic mass is 10.1. The molecule has 0 aromatic rings. The van der Waals surface area contributed by atoms with Crippen LogP contribution in [0.1, 0.15) is 33.6 Å². The van der Waals surface area contributed by atoms with Crippen LogP contribution in [0.2, 0.25) is 0 Å². The predicted octanol–water partition coefficient (Wildman–Crippen LogP) is 1.57. The van der Waals surface area contributed by atoms with Crippen molar-refractivity contribution in [2.24, 2.45) is 0 Å². The molecule has 0 aliphatic heterocycles. The van der Waals surface area contributed by atoms with Gasteiger partial charge in [0.15, 0.2) is 0 Å². The molecule has 0 saturated carbocycles. The molecule has 0 atom stereocenters. The third kappa shape index (κ3) is 7.33. The van der Waals surface area contributed by atoms with E-state index in [-0.39, 0.29) is 24.5 Å². The van der Waals surface area contributed by atoms with Gasteiger partial charge < -0.3 is 19.8 Å². The van der Waals surface area contributed by atoms with Crippen molar-refractivity contribution in [1.29, 1.82) is 0 Å². The minimum atomic E-state index is -0.887. The Balaban J connectivity index is 4.56. The number of nitrogens with zero attached hydrogens (tertiary/aromatic N) is 3. The van der Waals surface area contributed by atoms with E-state index < -0.39 is 5.97 Å². The van der Waals surface area contributed by atoms with Gasteiger partial charge >= 0.3 is 12.0 Å². The number of carbonyl (C=O) groups excluding carboxylic acids is 1. The van der Waals surface area contributed by atoms with Gasteiger partial charge in [-0.15, -0.1) is 0 Å². The fraction of sp³-hybridized carbons (Fsp3) is 0.857. The van der Waals surface area contributed by atoms with Crippen LogP contribution in [0.3, 0.4) is 0 Å². The minimum Gasteiger partial charge on any atom is -0.481 e. The Morgan fingerprint density at radius 1 is 1.00 bits per heavy atom. The molecule has 6 nitrogen and oxygen atoms in total. The Bertz CT molecular complexity index is 324. The first-order valence-corrected chi connectivity index (χ1v) is 6.95. The van der Waals surface area contributed by atoms with Crippen LogP contribution < -0.4 is 0 Å². The highest BCUT2D eigenvalue weighted by Gasteiger charge is 2.28. The minimum absolute atomic E-state index is 0.0332. The lowest BCUT2D eigenvalue weighted by molar-refractivity contribution is -0.137. The zero-order chi connectivity index (χ0) is 15.9. The van der Waals surface area contributed by atoms with Crippen molar-refractivity contribution in [3.8, 4) is 0 Å². The van der Waals surface area contributed by atoms with Gasteiger partial charge in [-0.05, 0) is 47.8 Å². The number of carboxylic acids is 1. The molecule has 1 N–H and O–H groups in total. The van der Waals surface area contributed by atoms with Crippen LogP contribution in [0.4, 0.5) is 4.79 Å². The monoisotopic (exact) mass is 287 g/mol. The predicted molar refractivity (Wildman–Crippen MR) is 79.9 cm³/mol. The molecule has 0 spiro atoms. The summed E-state index contributed by atoms with van der Waals surface area (Å²) in [6.07, 6.45) is 0.862. The summed E-state index contributed by atoms with van der Waals surface area (Å²) in [5, 5.41) is 8.79. The molecule has 0 aliphatic rings. The Labute approximate surface area is 122 Å². The van der Waals surface area contributed by atoms with Crippen LogP contribution in [0.5, 0.6) is 0 Å². The molecule has 0 fully saturated rings. The van der Waals surface area contributed by atoms with Gasteiger partial charge in [-0.2, -0.15) is 0 Å². The Morgan fingerprint density at radius 3 is 1.95 bits per heavy atom. The van der Waals surface area contributed by atoms with E-state index in [1.54, 1.807) is 16.8 Å². The molecule has 6 heteroatoms. The summed E-state index contributed by atoms with van der Waals surface area (Å²) in [6, 6.07) is -0.113. The first-order valence-electron chi connectivity index (χ1n) is 6.95. The van der Waals surface area contributed by atoms with Crippen molar-refractivity contribution in [2.45, 2.75) is 39.2 Å². The molecule has 20 heavy (non-hydrogen) atoms.